The zero-order chi connectivity index (χ0) is 27.0. The smallest absolute Gasteiger partial charge is 0.380 e. The predicted molar refractivity (Wildman–Crippen MR) is 142 cm³/mol. The van der Waals surface area contributed by atoms with Crippen molar-refractivity contribution in [1.29, 1.82) is 0 Å². The maximum atomic E-state index is 13.3. The number of thioether (sulfide) groups is 1. The number of fused-ring (bicyclic) bond motifs is 2. The number of nitrogens with zero attached hydrogens (tertiary/aromatic N) is 4. The van der Waals surface area contributed by atoms with Crippen LogP contribution in [0.25, 0.3) is 10.9 Å². The summed E-state index contributed by atoms with van der Waals surface area (Å²) in [6, 6.07) is 5.68. The highest BCUT2D eigenvalue weighted by molar-refractivity contribution is 8.00. The standard InChI is InChI=1S/C27H29F3N6O2S/c28-27(29,30)17-2-3-21-19(9-17)26(34-15-33-21)32-11-25(37)35-22-12-36(18-6-8-38-14-18)13-24(22)39-23-4-1-16-5-7-31-10-20(16)23/h2-3,5,7,9-10,15,18,22-24H,1,4,6,8,11-14H2,(H,35,37)(H,32,33,34)/t18?,22?,23?,24-/m0/s1. The first-order chi connectivity index (χ1) is 18.8. The highest BCUT2D eigenvalue weighted by Gasteiger charge is 2.40. The van der Waals surface area contributed by atoms with Crippen LogP contribution in [0, 0.1) is 0 Å². The first-order valence-electron chi connectivity index (χ1n) is 13.1. The lowest BCUT2D eigenvalue weighted by Crippen LogP contribution is -2.44. The van der Waals surface area contributed by atoms with Gasteiger partial charge in [0.25, 0.3) is 0 Å². The second-order valence-electron chi connectivity index (χ2n) is 10.2. The van der Waals surface area contributed by atoms with E-state index in [2.05, 4.69) is 36.6 Å². The Balaban J connectivity index is 1.14. The van der Waals surface area contributed by atoms with E-state index in [0.29, 0.717) is 23.4 Å². The van der Waals surface area contributed by atoms with Gasteiger partial charge >= 0.3 is 6.18 Å². The molecule has 0 spiro atoms. The van der Waals surface area contributed by atoms with E-state index in [-0.39, 0.29) is 34.9 Å². The number of aromatic nitrogens is 3. The fourth-order valence-electron chi connectivity index (χ4n) is 5.73. The number of nitrogens with one attached hydrogen (secondary N) is 2. The lowest BCUT2D eigenvalue weighted by molar-refractivity contribution is -0.137. The third-order valence-electron chi connectivity index (χ3n) is 7.75. The minimum Gasteiger partial charge on any atom is -0.380 e. The number of pyridine rings is 1. The highest BCUT2D eigenvalue weighted by atomic mass is 32.2. The van der Waals surface area contributed by atoms with Crippen LogP contribution in [0.2, 0.25) is 0 Å². The maximum absolute atomic E-state index is 13.3. The van der Waals surface area contributed by atoms with Crippen LogP contribution in [0.15, 0.2) is 43.0 Å². The van der Waals surface area contributed by atoms with Crippen LogP contribution < -0.4 is 10.6 Å². The summed E-state index contributed by atoms with van der Waals surface area (Å²) in [6.45, 7) is 2.94. The number of ether oxygens (including phenoxy) is 1. The largest absolute Gasteiger partial charge is 0.416 e. The summed E-state index contributed by atoms with van der Waals surface area (Å²) >= 11 is 1.91. The molecule has 2 aromatic heterocycles. The Hall–Kier alpha value is -2.96. The molecule has 0 saturated carbocycles. The Morgan fingerprint density at radius 3 is 2.90 bits per heavy atom. The zero-order valence-corrected chi connectivity index (χ0v) is 22.0. The van der Waals surface area contributed by atoms with Gasteiger partial charge in [-0.2, -0.15) is 13.2 Å². The van der Waals surface area contributed by atoms with Gasteiger partial charge in [-0.15, -0.1) is 11.8 Å². The number of hydrogen-bond donors (Lipinski definition) is 2. The number of anilines is 1. The van der Waals surface area contributed by atoms with Gasteiger partial charge in [-0.05, 0) is 54.7 Å². The van der Waals surface area contributed by atoms with Crippen molar-refractivity contribution in [1.82, 2.24) is 25.2 Å². The third-order valence-corrected chi connectivity index (χ3v) is 9.40. The van der Waals surface area contributed by atoms with E-state index in [1.807, 2.05) is 24.2 Å². The molecule has 4 heterocycles. The van der Waals surface area contributed by atoms with Gasteiger partial charge in [-0.1, -0.05) is 0 Å². The van der Waals surface area contributed by atoms with Crippen molar-refractivity contribution in [2.45, 2.75) is 48.0 Å². The van der Waals surface area contributed by atoms with Crippen molar-refractivity contribution in [2.75, 3.05) is 38.2 Å². The third kappa shape index (κ3) is 5.68. The van der Waals surface area contributed by atoms with Crippen LogP contribution in [0.1, 0.15) is 34.8 Å². The van der Waals surface area contributed by atoms with E-state index < -0.39 is 11.7 Å². The molecule has 39 heavy (non-hydrogen) atoms. The van der Waals surface area contributed by atoms with E-state index >= 15 is 0 Å². The molecule has 1 aliphatic carbocycles. The quantitative estimate of drug-likeness (QED) is 0.452. The van der Waals surface area contributed by atoms with Crippen LogP contribution in [0.3, 0.4) is 0 Å². The minimum absolute atomic E-state index is 0.0652. The Kier molecular flexibility index (Phi) is 7.34. The summed E-state index contributed by atoms with van der Waals surface area (Å²) < 4.78 is 45.4. The van der Waals surface area contributed by atoms with Crippen molar-refractivity contribution in [3.63, 3.8) is 0 Å². The number of alkyl halides is 3. The number of hydrogen-bond acceptors (Lipinski definition) is 8. The molecule has 1 amide bonds. The summed E-state index contributed by atoms with van der Waals surface area (Å²) in [4.78, 5) is 28.0. The normalized spacial score (nSPS) is 25.2. The molecule has 2 aliphatic heterocycles. The number of amides is 1. The number of likely N-dealkylation sites (tertiary alicyclic amines) is 1. The fourth-order valence-corrected chi connectivity index (χ4v) is 7.39. The average molecular weight is 559 g/mol. The summed E-state index contributed by atoms with van der Waals surface area (Å²) in [6.07, 6.45) is 3.66. The molecule has 8 nitrogen and oxygen atoms in total. The Bertz CT molecular complexity index is 1350. The number of carbonyl (C=O) groups is 1. The Morgan fingerprint density at radius 1 is 1.18 bits per heavy atom. The number of benzene rings is 1. The van der Waals surface area contributed by atoms with Gasteiger partial charge in [0.1, 0.15) is 12.1 Å². The molecule has 4 atom stereocenters. The molecule has 0 bridgehead atoms. The molecular weight excluding hydrogens is 529 g/mol. The zero-order valence-electron chi connectivity index (χ0n) is 21.2. The second-order valence-corrected chi connectivity index (χ2v) is 11.7. The topological polar surface area (TPSA) is 92.3 Å². The molecular formula is C27H29F3N6O2S. The fraction of sp³-hybridized carbons (Fsp3) is 0.481. The molecule has 2 saturated heterocycles. The van der Waals surface area contributed by atoms with Gasteiger partial charge in [-0.3, -0.25) is 14.7 Å². The lowest BCUT2D eigenvalue weighted by atomic mass is 10.1. The molecule has 12 heteroatoms. The summed E-state index contributed by atoms with van der Waals surface area (Å²) in [5.74, 6) is -0.0410. The second kappa shape index (κ2) is 10.9. The average Bonchev–Trinajstić information content (AvgIpc) is 3.68. The van der Waals surface area contributed by atoms with Crippen LogP contribution in [0.4, 0.5) is 19.0 Å². The van der Waals surface area contributed by atoms with Crippen molar-refractivity contribution in [2.24, 2.45) is 0 Å². The summed E-state index contributed by atoms with van der Waals surface area (Å²) in [5.41, 5.74) is 2.21. The predicted octanol–water partition coefficient (Wildman–Crippen LogP) is 3.83. The molecule has 0 radical (unpaired) electrons. The van der Waals surface area contributed by atoms with E-state index in [9.17, 15) is 18.0 Å². The SMILES string of the molecule is O=C(CNc1ncnc2ccc(C(F)(F)F)cc12)NC1CN(C2CCOC2)C[C@@H]1SC1CCc2ccncc21. The highest BCUT2D eigenvalue weighted by Crippen LogP contribution is 2.45. The van der Waals surface area contributed by atoms with Gasteiger partial charge in [0.05, 0.1) is 30.3 Å². The van der Waals surface area contributed by atoms with Crippen molar-refractivity contribution in [3.05, 3.63) is 59.7 Å². The van der Waals surface area contributed by atoms with E-state index in [1.165, 1.54) is 23.5 Å². The Morgan fingerprint density at radius 2 is 2.08 bits per heavy atom. The van der Waals surface area contributed by atoms with Gasteiger partial charge in [0.15, 0.2) is 0 Å². The summed E-state index contributed by atoms with van der Waals surface area (Å²) in [5, 5.41) is 6.87. The molecule has 2 N–H and O–H groups in total. The van der Waals surface area contributed by atoms with Crippen LogP contribution in [-0.4, -0.2) is 75.9 Å². The molecule has 206 valence electrons. The first-order valence-corrected chi connectivity index (χ1v) is 14.0. The number of aryl methyl sites for hydroxylation is 1. The lowest BCUT2D eigenvalue weighted by Gasteiger charge is -2.23. The number of halogens is 3. The van der Waals surface area contributed by atoms with E-state index in [0.717, 1.165) is 51.1 Å². The van der Waals surface area contributed by atoms with Crippen molar-refractivity contribution in [3.8, 4) is 0 Å². The van der Waals surface area contributed by atoms with Crippen molar-refractivity contribution >= 4 is 34.4 Å². The molecule has 6 rings (SSSR count). The monoisotopic (exact) mass is 558 g/mol. The first kappa shape index (κ1) is 26.3. The van der Waals surface area contributed by atoms with Gasteiger partial charge < -0.3 is 15.4 Å². The molecule has 3 aliphatic rings. The van der Waals surface area contributed by atoms with Crippen LogP contribution in [0.5, 0.6) is 0 Å². The molecule has 1 aromatic carbocycles. The van der Waals surface area contributed by atoms with Gasteiger partial charge in [0.2, 0.25) is 5.91 Å². The number of carbonyl (C=O) groups excluding carboxylic acids is 1. The Labute approximate surface area is 228 Å². The van der Waals surface area contributed by atoms with Crippen LogP contribution >= 0.6 is 11.8 Å². The van der Waals surface area contributed by atoms with Crippen molar-refractivity contribution < 1.29 is 22.7 Å². The van der Waals surface area contributed by atoms with E-state index in [4.69, 9.17) is 4.74 Å². The van der Waals surface area contributed by atoms with Gasteiger partial charge in [0, 0.05) is 54.0 Å². The van der Waals surface area contributed by atoms with E-state index in [1.54, 1.807) is 0 Å². The minimum atomic E-state index is -4.49. The number of rotatable bonds is 7. The van der Waals surface area contributed by atoms with Gasteiger partial charge in [-0.25, -0.2) is 9.97 Å². The maximum Gasteiger partial charge on any atom is 0.416 e. The molecule has 3 unspecified atom stereocenters. The molecule has 3 aromatic rings. The summed E-state index contributed by atoms with van der Waals surface area (Å²) in [7, 11) is 0. The van der Waals surface area contributed by atoms with Crippen LogP contribution in [-0.2, 0) is 22.1 Å². The molecule has 2 fully saturated rings.